The molecule has 2 aliphatic rings. The van der Waals surface area contributed by atoms with Gasteiger partial charge in [0.25, 0.3) is 0 Å². The van der Waals surface area contributed by atoms with Crippen molar-refractivity contribution in [3.8, 4) is 0 Å². The predicted octanol–water partition coefficient (Wildman–Crippen LogP) is 7.51. The first kappa shape index (κ1) is 26.0. The number of pyridine rings is 2. The summed E-state index contributed by atoms with van der Waals surface area (Å²) in [7, 11) is 0. The fourth-order valence-electron chi connectivity index (χ4n) is 6.18. The molecule has 2 aliphatic carbocycles. The number of fused-ring (bicyclic) bond motifs is 4. The van der Waals surface area contributed by atoms with Crippen molar-refractivity contribution in [2.24, 2.45) is 0 Å². The molecule has 0 bridgehead atoms. The molecular weight excluding hydrogens is 512 g/mol. The Labute approximate surface area is 232 Å². The first-order valence-corrected chi connectivity index (χ1v) is 16.1. The lowest BCUT2D eigenvalue weighted by Gasteiger charge is -2.25. The molecule has 0 radical (unpaired) electrons. The monoisotopic (exact) mass is 550 g/mol. The van der Waals surface area contributed by atoms with Crippen LogP contribution in [0.4, 0.5) is 11.4 Å². The zero-order valence-electron chi connectivity index (χ0n) is 22.0. The van der Waals surface area contributed by atoms with E-state index in [4.69, 9.17) is 9.97 Å². The molecule has 8 heteroatoms. The van der Waals surface area contributed by atoms with E-state index in [1.54, 1.807) is 22.7 Å². The van der Waals surface area contributed by atoms with Crippen molar-refractivity contribution >= 4 is 54.5 Å². The van der Waals surface area contributed by atoms with Gasteiger partial charge in [0.1, 0.15) is 9.66 Å². The van der Waals surface area contributed by atoms with E-state index < -0.39 is 12.2 Å². The van der Waals surface area contributed by atoms with Gasteiger partial charge in [0.05, 0.1) is 23.6 Å². The highest BCUT2D eigenvalue weighted by Crippen LogP contribution is 2.41. The zero-order valence-corrected chi connectivity index (χ0v) is 23.6. The van der Waals surface area contributed by atoms with Crippen LogP contribution in [0.1, 0.15) is 98.9 Å². The second kappa shape index (κ2) is 11.9. The van der Waals surface area contributed by atoms with E-state index in [9.17, 15) is 10.2 Å². The third-order valence-corrected chi connectivity index (χ3v) is 9.73. The van der Waals surface area contributed by atoms with Gasteiger partial charge in [-0.3, -0.25) is 0 Å². The number of aromatic nitrogens is 2. The van der Waals surface area contributed by atoms with Crippen LogP contribution in [0.15, 0.2) is 22.9 Å². The maximum atomic E-state index is 10.7. The number of aliphatic hydroxyl groups excluding tert-OH is 2. The minimum absolute atomic E-state index is 0.400. The topological polar surface area (TPSA) is 90.3 Å². The number of unbranched alkanes of at least 4 members (excludes halogenated alkanes) is 5. The molecule has 2 unspecified atom stereocenters. The number of thiophene rings is 2. The number of aliphatic hydroxyl groups is 2. The van der Waals surface area contributed by atoms with E-state index in [1.165, 1.54) is 25.7 Å². The van der Waals surface area contributed by atoms with Crippen LogP contribution in [0, 0.1) is 0 Å². The van der Waals surface area contributed by atoms with Crippen molar-refractivity contribution in [3.63, 3.8) is 0 Å². The number of hydrogen-bond acceptors (Lipinski definition) is 8. The van der Waals surface area contributed by atoms with Gasteiger partial charge in [-0.2, -0.15) is 0 Å². The molecule has 0 spiro atoms. The lowest BCUT2D eigenvalue weighted by atomic mass is 9.91. The van der Waals surface area contributed by atoms with Crippen molar-refractivity contribution in [3.05, 3.63) is 45.4 Å². The summed E-state index contributed by atoms with van der Waals surface area (Å²) in [6.45, 7) is 1.86. The summed E-state index contributed by atoms with van der Waals surface area (Å²) in [6.07, 6.45) is 12.0. The molecule has 6 nitrogen and oxygen atoms in total. The minimum Gasteiger partial charge on any atom is -0.388 e. The van der Waals surface area contributed by atoms with Crippen LogP contribution in [0.25, 0.3) is 20.4 Å². The molecule has 0 aromatic carbocycles. The summed E-state index contributed by atoms with van der Waals surface area (Å²) in [5, 5.41) is 35.2. The summed E-state index contributed by atoms with van der Waals surface area (Å²) in [6, 6.07) is 4.27. The molecule has 202 valence electrons. The molecule has 2 atom stereocenters. The van der Waals surface area contributed by atoms with Gasteiger partial charge in [-0.1, -0.05) is 25.7 Å². The van der Waals surface area contributed by atoms with E-state index in [2.05, 4.69) is 33.5 Å². The Morgan fingerprint density at radius 2 is 1.13 bits per heavy atom. The lowest BCUT2D eigenvalue weighted by molar-refractivity contribution is 0.156. The molecule has 6 rings (SSSR count). The van der Waals surface area contributed by atoms with Gasteiger partial charge >= 0.3 is 0 Å². The first-order chi connectivity index (χ1) is 18.7. The predicted molar refractivity (Wildman–Crippen MR) is 160 cm³/mol. The van der Waals surface area contributed by atoms with Crippen LogP contribution < -0.4 is 10.6 Å². The van der Waals surface area contributed by atoms with Crippen molar-refractivity contribution < 1.29 is 10.2 Å². The molecule has 4 N–H and O–H groups in total. The van der Waals surface area contributed by atoms with E-state index in [0.29, 0.717) is 0 Å². The third-order valence-electron chi connectivity index (χ3n) is 8.12. The normalized spacial score (nSPS) is 19.0. The Balaban J connectivity index is 0.944. The summed E-state index contributed by atoms with van der Waals surface area (Å²) in [4.78, 5) is 11.8. The molecule has 38 heavy (non-hydrogen) atoms. The maximum absolute atomic E-state index is 10.7. The second-order valence-corrected chi connectivity index (χ2v) is 12.6. The Morgan fingerprint density at radius 1 is 0.684 bits per heavy atom. The lowest BCUT2D eigenvalue weighted by Crippen LogP contribution is -2.15. The molecule has 0 fully saturated rings. The van der Waals surface area contributed by atoms with Crippen LogP contribution in [0.5, 0.6) is 0 Å². The van der Waals surface area contributed by atoms with Gasteiger partial charge in [0.2, 0.25) is 0 Å². The molecule has 0 saturated carbocycles. The molecule has 4 aromatic heterocycles. The quantitative estimate of drug-likeness (QED) is 0.145. The van der Waals surface area contributed by atoms with Crippen molar-refractivity contribution in [2.75, 3.05) is 23.7 Å². The first-order valence-electron chi connectivity index (χ1n) is 14.3. The second-order valence-electron chi connectivity index (χ2n) is 10.8. The van der Waals surface area contributed by atoms with Gasteiger partial charge in [-0.25, -0.2) is 9.97 Å². The van der Waals surface area contributed by atoms with Gasteiger partial charge in [-0.05, 0) is 74.3 Å². The summed E-state index contributed by atoms with van der Waals surface area (Å²) < 4.78 is 0. The average molecular weight is 551 g/mol. The van der Waals surface area contributed by atoms with Crippen molar-refractivity contribution in [1.82, 2.24) is 9.97 Å². The Hall–Kier alpha value is -2.26. The molecular formula is C30H38N4O2S2. The highest BCUT2D eigenvalue weighted by Gasteiger charge is 2.26. The van der Waals surface area contributed by atoms with Crippen LogP contribution in [-0.4, -0.2) is 33.3 Å². The van der Waals surface area contributed by atoms with Crippen molar-refractivity contribution in [1.29, 1.82) is 0 Å². The number of nitrogens with zero attached hydrogens (tertiary/aromatic N) is 2. The minimum atomic E-state index is -0.400. The van der Waals surface area contributed by atoms with Crippen LogP contribution in [0.2, 0.25) is 0 Å². The number of rotatable bonds is 11. The number of aryl methyl sites for hydroxylation is 2. The molecule has 4 heterocycles. The Kier molecular flexibility index (Phi) is 8.11. The molecule has 0 aliphatic heterocycles. The number of nitrogens with one attached hydrogen (secondary N) is 2. The van der Waals surface area contributed by atoms with Gasteiger partial charge in [0, 0.05) is 46.4 Å². The van der Waals surface area contributed by atoms with E-state index >= 15 is 0 Å². The number of hydrogen-bond donors (Lipinski definition) is 4. The fraction of sp³-hybridized carbons (Fsp3) is 0.533. The van der Waals surface area contributed by atoms with Gasteiger partial charge in [-0.15, -0.1) is 22.7 Å². The Morgan fingerprint density at radius 3 is 1.61 bits per heavy atom. The summed E-state index contributed by atoms with van der Waals surface area (Å²) in [5.74, 6) is 0. The molecule has 0 saturated heterocycles. The standard InChI is InChI=1S/C30H38N4O2S2/c35-23-11-7-9-21-25(23)27(19-13-17-37-29(19)33-21)31-15-5-3-1-2-4-6-16-32-28-20-14-18-38-30(20)34-22-10-8-12-24(36)26(22)28/h13-14,17-18,23-24,35-36H,1-12,15-16H2,(H,31,33)(H,32,34). The zero-order chi connectivity index (χ0) is 25.9. The molecule has 4 aromatic rings. The van der Waals surface area contributed by atoms with Crippen LogP contribution in [-0.2, 0) is 12.8 Å². The smallest absolute Gasteiger partial charge is 0.125 e. The van der Waals surface area contributed by atoms with E-state index in [0.717, 1.165) is 119 Å². The van der Waals surface area contributed by atoms with Crippen molar-refractivity contribution in [2.45, 2.75) is 89.3 Å². The third kappa shape index (κ3) is 5.28. The number of anilines is 2. The highest BCUT2D eigenvalue weighted by atomic mass is 32.1. The van der Waals surface area contributed by atoms with E-state index in [1.807, 2.05) is 0 Å². The van der Waals surface area contributed by atoms with Gasteiger partial charge in [0.15, 0.2) is 0 Å². The van der Waals surface area contributed by atoms with Crippen LogP contribution in [0.3, 0.4) is 0 Å². The van der Waals surface area contributed by atoms with Gasteiger partial charge < -0.3 is 20.8 Å². The van der Waals surface area contributed by atoms with E-state index in [-0.39, 0.29) is 0 Å². The highest BCUT2D eigenvalue weighted by molar-refractivity contribution is 7.17. The SMILES string of the molecule is OC1CCCc2nc3sccc3c(NCCCCCCCCNc3c4c(nc5sccc35)CCCC4O)c21. The molecule has 0 amide bonds. The van der Waals surface area contributed by atoms with Crippen LogP contribution >= 0.6 is 22.7 Å². The average Bonchev–Trinajstić information content (AvgIpc) is 3.58. The fourth-order valence-corrected chi connectivity index (χ4v) is 7.76. The summed E-state index contributed by atoms with van der Waals surface area (Å²) >= 11 is 3.37. The maximum Gasteiger partial charge on any atom is 0.125 e. The Bertz CT molecular complexity index is 1290. The summed E-state index contributed by atoms with van der Waals surface area (Å²) in [5.41, 5.74) is 6.47. The largest absolute Gasteiger partial charge is 0.388 e.